The summed E-state index contributed by atoms with van der Waals surface area (Å²) in [6.45, 7) is 5.14. The maximum absolute atomic E-state index is 9.10. The summed E-state index contributed by atoms with van der Waals surface area (Å²) < 4.78 is 10.7. The van der Waals surface area contributed by atoms with E-state index in [4.69, 9.17) is 14.7 Å². The molecule has 1 unspecified atom stereocenters. The highest BCUT2D eigenvalue weighted by Crippen LogP contribution is 2.18. The Labute approximate surface area is 109 Å². The number of nitrogens with one attached hydrogen (secondary N) is 1. The molecule has 0 fully saturated rings. The Morgan fingerprint density at radius 3 is 2.39 bits per heavy atom. The predicted molar refractivity (Wildman–Crippen MR) is 70.8 cm³/mol. The molecule has 0 aliphatic heterocycles. The Kier molecular flexibility index (Phi) is 5.47. The van der Waals surface area contributed by atoms with E-state index in [-0.39, 0.29) is 0 Å². The molecule has 1 aromatic rings. The molecule has 98 valence electrons. The molecule has 1 N–H and O–H groups in total. The second-order valence-corrected chi connectivity index (χ2v) is 4.25. The molecule has 4 nitrogen and oxygen atoms in total. The Bertz CT molecular complexity index is 397. The van der Waals surface area contributed by atoms with Gasteiger partial charge in [-0.2, -0.15) is 5.26 Å². The Hall–Kier alpha value is -1.73. The first-order valence-electron chi connectivity index (χ1n) is 6.06. The van der Waals surface area contributed by atoms with Crippen LogP contribution in [0.1, 0.15) is 20.3 Å². The van der Waals surface area contributed by atoms with Gasteiger partial charge in [-0.05, 0) is 37.7 Å². The van der Waals surface area contributed by atoms with E-state index in [1.54, 1.807) is 7.11 Å². The highest BCUT2D eigenvalue weighted by molar-refractivity contribution is 5.31. The van der Waals surface area contributed by atoms with Gasteiger partial charge in [0.05, 0.1) is 19.8 Å². The molecule has 0 aromatic heterocycles. The van der Waals surface area contributed by atoms with Gasteiger partial charge in [-0.1, -0.05) is 6.92 Å². The molecule has 18 heavy (non-hydrogen) atoms. The minimum atomic E-state index is -0.527. The fourth-order valence-corrected chi connectivity index (χ4v) is 1.62. The number of hydrogen-bond donors (Lipinski definition) is 1. The molecule has 1 rings (SSSR count). The van der Waals surface area contributed by atoms with Crippen LogP contribution in [0.2, 0.25) is 0 Å². The summed E-state index contributed by atoms with van der Waals surface area (Å²) in [5.74, 6) is 1.59. The number of rotatable bonds is 7. The van der Waals surface area contributed by atoms with E-state index in [0.717, 1.165) is 18.0 Å². The smallest absolute Gasteiger partial charge is 0.119 e. The molecular weight excluding hydrogens is 228 g/mol. The monoisotopic (exact) mass is 248 g/mol. The second-order valence-electron chi connectivity index (χ2n) is 4.25. The third-order valence-electron chi connectivity index (χ3n) is 2.74. The van der Waals surface area contributed by atoms with Gasteiger partial charge in [-0.25, -0.2) is 0 Å². The molecule has 1 atom stereocenters. The van der Waals surface area contributed by atoms with Gasteiger partial charge in [0, 0.05) is 6.42 Å². The first-order valence-corrected chi connectivity index (χ1v) is 6.06. The number of ether oxygens (including phenoxy) is 2. The molecular formula is C14H20N2O2. The number of hydrogen-bond acceptors (Lipinski definition) is 4. The van der Waals surface area contributed by atoms with Crippen LogP contribution in [0.3, 0.4) is 0 Å². The lowest BCUT2D eigenvalue weighted by atomic mass is 10.0. The summed E-state index contributed by atoms with van der Waals surface area (Å²) in [5, 5.41) is 12.2. The lowest BCUT2D eigenvalue weighted by molar-refractivity contribution is 0.268. The van der Waals surface area contributed by atoms with Crippen molar-refractivity contribution in [2.45, 2.75) is 25.8 Å². The van der Waals surface area contributed by atoms with Gasteiger partial charge in [-0.3, -0.25) is 5.32 Å². The van der Waals surface area contributed by atoms with Crippen molar-refractivity contribution in [3.05, 3.63) is 24.3 Å². The topological polar surface area (TPSA) is 54.3 Å². The fraction of sp³-hybridized carbons (Fsp3) is 0.500. The molecule has 0 aliphatic rings. The van der Waals surface area contributed by atoms with E-state index in [0.29, 0.717) is 13.0 Å². The van der Waals surface area contributed by atoms with Gasteiger partial charge >= 0.3 is 0 Å². The minimum Gasteiger partial charge on any atom is -0.497 e. The van der Waals surface area contributed by atoms with Crippen LogP contribution in [0, 0.1) is 11.3 Å². The van der Waals surface area contributed by atoms with Gasteiger partial charge in [0.15, 0.2) is 0 Å². The van der Waals surface area contributed by atoms with Crippen molar-refractivity contribution in [3.63, 3.8) is 0 Å². The highest BCUT2D eigenvalue weighted by Gasteiger charge is 2.21. The molecule has 4 heteroatoms. The summed E-state index contributed by atoms with van der Waals surface area (Å²) >= 11 is 0. The first kappa shape index (κ1) is 14.3. The third kappa shape index (κ3) is 4.27. The van der Waals surface area contributed by atoms with E-state index < -0.39 is 5.54 Å². The summed E-state index contributed by atoms with van der Waals surface area (Å²) in [7, 11) is 1.63. The SMILES string of the molecule is CCNC(C)(C#N)CCOc1ccc(OC)cc1. The zero-order valence-electron chi connectivity index (χ0n) is 11.2. The van der Waals surface area contributed by atoms with E-state index in [1.807, 2.05) is 38.1 Å². The van der Waals surface area contributed by atoms with Crippen molar-refractivity contribution in [2.24, 2.45) is 0 Å². The van der Waals surface area contributed by atoms with Crippen molar-refractivity contribution >= 4 is 0 Å². The van der Waals surface area contributed by atoms with Crippen molar-refractivity contribution in [2.75, 3.05) is 20.3 Å². The zero-order chi connectivity index (χ0) is 13.4. The molecule has 0 amide bonds. The van der Waals surface area contributed by atoms with Crippen molar-refractivity contribution in [1.82, 2.24) is 5.32 Å². The van der Waals surface area contributed by atoms with Crippen LogP contribution in [-0.4, -0.2) is 25.8 Å². The molecule has 1 aromatic carbocycles. The van der Waals surface area contributed by atoms with E-state index in [9.17, 15) is 0 Å². The summed E-state index contributed by atoms with van der Waals surface area (Å²) in [6.07, 6.45) is 0.642. The third-order valence-corrected chi connectivity index (χ3v) is 2.74. The van der Waals surface area contributed by atoms with Crippen LogP contribution in [0.15, 0.2) is 24.3 Å². The Morgan fingerprint density at radius 2 is 1.89 bits per heavy atom. The van der Waals surface area contributed by atoms with Crippen molar-refractivity contribution in [1.29, 1.82) is 5.26 Å². The average Bonchev–Trinajstić information content (AvgIpc) is 2.40. The second kappa shape index (κ2) is 6.87. The molecule has 0 saturated heterocycles. The van der Waals surface area contributed by atoms with Gasteiger partial charge in [0.2, 0.25) is 0 Å². The van der Waals surface area contributed by atoms with Gasteiger partial charge < -0.3 is 9.47 Å². The molecule has 0 bridgehead atoms. The molecule has 0 saturated carbocycles. The highest BCUT2D eigenvalue weighted by atomic mass is 16.5. The fourth-order valence-electron chi connectivity index (χ4n) is 1.62. The quantitative estimate of drug-likeness (QED) is 0.804. The Morgan fingerprint density at radius 1 is 1.28 bits per heavy atom. The van der Waals surface area contributed by atoms with E-state index in [1.165, 1.54) is 0 Å². The van der Waals surface area contributed by atoms with Crippen LogP contribution in [-0.2, 0) is 0 Å². The average molecular weight is 248 g/mol. The van der Waals surface area contributed by atoms with E-state index in [2.05, 4.69) is 11.4 Å². The van der Waals surface area contributed by atoms with Crippen LogP contribution < -0.4 is 14.8 Å². The van der Waals surface area contributed by atoms with Crippen molar-refractivity contribution < 1.29 is 9.47 Å². The van der Waals surface area contributed by atoms with Crippen LogP contribution in [0.4, 0.5) is 0 Å². The largest absolute Gasteiger partial charge is 0.497 e. The van der Waals surface area contributed by atoms with E-state index >= 15 is 0 Å². The maximum Gasteiger partial charge on any atom is 0.119 e. The molecule has 0 radical (unpaired) electrons. The van der Waals surface area contributed by atoms with Gasteiger partial charge in [0.25, 0.3) is 0 Å². The minimum absolute atomic E-state index is 0.503. The molecule has 0 heterocycles. The number of nitrogens with zero attached hydrogens (tertiary/aromatic N) is 1. The van der Waals surface area contributed by atoms with Crippen molar-refractivity contribution in [3.8, 4) is 17.6 Å². The van der Waals surface area contributed by atoms with Gasteiger partial charge in [-0.15, -0.1) is 0 Å². The van der Waals surface area contributed by atoms with Crippen LogP contribution in [0.5, 0.6) is 11.5 Å². The molecule has 0 spiro atoms. The lowest BCUT2D eigenvalue weighted by Gasteiger charge is -2.22. The standard InChI is InChI=1S/C14H20N2O2/c1-4-16-14(2,11-15)9-10-18-13-7-5-12(17-3)6-8-13/h5-8,16H,4,9-10H2,1-3H3. The Balaban J connectivity index is 2.43. The number of benzene rings is 1. The van der Waals surface area contributed by atoms with Crippen LogP contribution >= 0.6 is 0 Å². The number of methoxy groups -OCH3 is 1. The zero-order valence-corrected chi connectivity index (χ0v) is 11.2. The summed E-state index contributed by atoms with van der Waals surface area (Å²) in [5.41, 5.74) is -0.527. The van der Waals surface area contributed by atoms with Crippen LogP contribution in [0.25, 0.3) is 0 Å². The number of nitriles is 1. The summed E-state index contributed by atoms with van der Waals surface area (Å²) in [4.78, 5) is 0. The predicted octanol–water partition coefficient (Wildman–Crippen LogP) is 2.36. The normalized spacial score (nSPS) is 13.4. The maximum atomic E-state index is 9.10. The van der Waals surface area contributed by atoms with Gasteiger partial charge in [0.1, 0.15) is 17.0 Å². The first-order chi connectivity index (χ1) is 8.63. The lowest BCUT2D eigenvalue weighted by Crippen LogP contribution is -2.42. The summed E-state index contributed by atoms with van der Waals surface area (Å²) in [6, 6.07) is 9.69. The molecule has 0 aliphatic carbocycles.